The highest BCUT2D eigenvalue weighted by Gasteiger charge is 2.39. The molecule has 0 spiro atoms. The van der Waals surface area contributed by atoms with E-state index in [0.717, 1.165) is 12.8 Å². The molecule has 0 bridgehead atoms. The zero-order valence-corrected chi connectivity index (χ0v) is 11.2. The largest absolute Gasteiger partial charge is 0.476 e. The van der Waals surface area contributed by atoms with E-state index >= 15 is 0 Å². The van der Waals surface area contributed by atoms with E-state index in [2.05, 4.69) is 4.98 Å². The molecular weight excluding hydrogens is 270 g/mol. The summed E-state index contributed by atoms with van der Waals surface area (Å²) in [5.41, 5.74) is 1.94. The van der Waals surface area contributed by atoms with Crippen molar-refractivity contribution in [3.63, 3.8) is 0 Å². The molecule has 1 aromatic carbocycles. The molecule has 2 aromatic rings. The molecule has 1 fully saturated rings. The lowest BCUT2D eigenvalue weighted by atomic mass is 10.1. The Morgan fingerprint density at radius 3 is 2.95 bits per heavy atom. The van der Waals surface area contributed by atoms with Crippen LogP contribution in [-0.4, -0.2) is 38.0 Å². The number of nitrogens with zero attached hydrogens (tertiary/aromatic N) is 3. The summed E-state index contributed by atoms with van der Waals surface area (Å²) in [6.45, 7) is 0.655. The van der Waals surface area contributed by atoms with E-state index in [1.165, 1.54) is 6.33 Å². The standard InChI is InChI=1S/C15H13N3O3/c19-14-9-4-1-2-5-10(9)18-8-16-12(15(20)21)13(18)11-6-3-7-17(11)14/h1-2,4-5,8,11H,3,6-7H2,(H,20,21). The van der Waals surface area contributed by atoms with Crippen molar-refractivity contribution in [2.45, 2.75) is 18.9 Å². The fraction of sp³-hybridized carbons (Fsp3) is 0.267. The zero-order chi connectivity index (χ0) is 14.6. The van der Waals surface area contributed by atoms with Gasteiger partial charge in [0.1, 0.15) is 6.33 Å². The van der Waals surface area contributed by atoms with Crippen molar-refractivity contribution in [3.8, 4) is 5.69 Å². The lowest BCUT2D eigenvalue weighted by molar-refractivity contribution is 0.0673. The maximum Gasteiger partial charge on any atom is 0.356 e. The Morgan fingerprint density at radius 1 is 1.33 bits per heavy atom. The fourth-order valence-corrected chi connectivity index (χ4v) is 3.35. The molecule has 106 valence electrons. The first-order valence-electron chi connectivity index (χ1n) is 6.89. The number of para-hydroxylation sites is 1. The van der Waals surface area contributed by atoms with Crippen molar-refractivity contribution < 1.29 is 14.7 Å². The van der Waals surface area contributed by atoms with Crippen LogP contribution in [0.5, 0.6) is 0 Å². The number of aromatic nitrogens is 2. The molecule has 1 aromatic heterocycles. The van der Waals surface area contributed by atoms with Gasteiger partial charge in [-0.25, -0.2) is 9.78 Å². The highest BCUT2D eigenvalue weighted by molar-refractivity contribution is 5.99. The minimum atomic E-state index is -1.05. The van der Waals surface area contributed by atoms with Gasteiger partial charge in [-0.05, 0) is 25.0 Å². The zero-order valence-electron chi connectivity index (χ0n) is 11.2. The molecule has 0 radical (unpaired) electrons. The highest BCUT2D eigenvalue weighted by atomic mass is 16.4. The molecule has 1 unspecified atom stereocenters. The number of fused-ring (bicyclic) bond motifs is 5. The van der Waals surface area contributed by atoms with Gasteiger partial charge in [-0.15, -0.1) is 0 Å². The van der Waals surface area contributed by atoms with Crippen LogP contribution < -0.4 is 0 Å². The Kier molecular flexibility index (Phi) is 2.42. The topological polar surface area (TPSA) is 75.4 Å². The maximum atomic E-state index is 12.7. The minimum absolute atomic E-state index is 0.0341. The summed E-state index contributed by atoms with van der Waals surface area (Å²) >= 11 is 0. The highest BCUT2D eigenvalue weighted by Crippen LogP contribution is 2.39. The van der Waals surface area contributed by atoms with E-state index in [-0.39, 0.29) is 17.6 Å². The number of imidazole rings is 1. The number of carboxylic acids is 1. The van der Waals surface area contributed by atoms with Crippen LogP contribution in [0.15, 0.2) is 30.6 Å². The maximum absolute atomic E-state index is 12.7. The van der Waals surface area contributed by atoms with E-state index in [0.29, 0.717) is 23.5 Å². The molecule has 2 aliphatic heterocycles. The van der Waals surface area contributed by atoms with Crippen LogP contribution in [0.2, 0.25) is 0 Å². The van der Waals surface area contributed by atoms with Gasteiger partial charge in [0.2, 0.25) is 0 Å². The molecule has 3 heterocycles. The van der Waals surface area contributed by atoms with Crippen LogP contribution in [0.1, 0.15) is 45.4 Å². The van der Waals surface area contributed by atoms with E-state index in [1.54, 1.807) is 15.5 Å². The molecule has 4 rings (SSSR count). The first kappa shape index (κ1) is 12.1. The average molecular weight is 283 g/mol. The smallest absolute Gasteiger partial charge is 0.356 e. The average Bonchev–Trinajstić information content (AvgIpc) is 3.10. The summed E-state index contributed by atoms with van der Waals surface area (Å²) in [4.78, 5) is 30.0. The van der Waals surface area contributed by atoms with Crippen molar-refractivity contribution in [1.82, 2.24) is 14.5 Å². The second-order valence-corrected chi connectivity index (χ2v) is 5.33. The molecule has 1 N–H and O–H groups in total. The summed E-state index contributed by atoms with van der Waals surface area (Å²) in [5.74, 6) is -1.09. The molecule has 1 saturated heterocycles. The first-order chi connectivity index (χ1) is 10.2. The van der Waals surface area contributed by atoms with Crippen molar-refractivity contribution in [2.75, 3.05) is 6.54 Å². The second-order valence-electron chi connectivity index (χ2n) is 5.33. The van der Waals surface area contributed by atoms with Gasteiger partial charge in [-0.2, -0.15) is 0 Å². The van der Waals surface area contributed by atoms with Gasteiger partial charge in [0, 0.05) is 6.54 Å². The molecule has 1 atom stereocenters. The van der Waals surface area contributed by atoms with E-state index in [1.807, 2.05) is 18.2 Å². The Bertz CT molecular complexity index is 765. The van der Waals surface area contributed by atoms with E-state index in [9.17, 15) is 14.7 Å². The van der Waals surface area contributed by atoms with Crippen LogP contribution in [0.3, 0.4) is 0 Å². The summed E-state index contributed by atoms with van der Waals surface area (Å²) in [6, 6.07) is 7.06. The molecule has 6 nitrogen and oxygen atoms in total. The fourth-order valence-electron chi connectivity index (χ4n) is 3.35. The van der Waals surface area contributed by atoms with Crippen molar-refractivity contribution in [2.24, 2.45) is 0 Å². The second kappa shape index (κ2) is 4.18. The molecular formula is C15H13N3O3. The minimum Gasteiger partial charge on any atom is -0.476 e. The van der Waals surface area contributed by atoms with Crippen LogP contribution in [0.25, 0.3) is 5.69 Å². The summed E-state index contributed by atoms with van der Waals surface area (Å²) in [6.07, 6.45) is 3.15. The molecule has 0 saturated carbocycles. The van der Waals surface area contributed by atoms with E-state index in [4.69, 9.17) is 0 Å². The van der Waals surface area contributed by atoms with Crippen molar-refractivity contribution in [3.05, 3.63) is 47.5 Å². The summed E-state index contributed by atoms with van der Waals surface area (Å²) in [5, 5.41) is 9.38. The first-order valence-corrected chi connectivity index (χ1v) is 6.89. The third-order valence-electron chi connectivity index (χ3n) is 4.23. The number of rotatable bonds is 1. The van der Waals surface area contributed by atoms with Crippen molar-refractivity contribution >= 4 is 11.9 Å². The predicted octanol–water partition coefficient (Wildman–Crippen LogP) is 1.86. The quantitative estimate of drug-likeness (QED) is 0.866. The normalized spacial score (nSPS) is 19.7. The number of benzene rings is 1. The SMILES string of the molecule is O=C(O)c1ncn2c1C1CCCN1C(=O)c1ccccc1-2. The predicted molar refractivity (Wildman–Crippen MR) is 73.5 cm³/mol. The number of carbonyl (C=O) groups is 2. The molecule has 1 amide bonds. The number of hydrogen-bond acceptors (Lipinski definition) is 3. The van der Waals surface area contributed by atoms with Gasteiger partial charge in [0.05, 0.1) is 23.0 Å². The summed E-state index contributed by atoms with van der Waals surface area (Å²) < 4.78 is 1.76. The van der Waals surface area contributed by atoms with Gasteiger partial charge < -0.3 is 10.0 Å². The Labute approximate surface area is 120 Å². The number of carboxylic acid groups (broad SMARTS) is 1. The Hall–Kier alpha value is -2.63. The molecule has 6 heteroatoms. The third-order valence-corrected chi connectivity index (χ3v) is 4.23. The van der Waals surface area contributed by atoms with Gasteiger partial charge in [-0.3, -0.25) is 9.36 Å². The lowest BCUT2D eigenvalue weighted by Crippen LogP contribution is -2.30. The van der Waals surface area contributed by atoms with E-state index < -0.39 is 5.97 Å². The monoisotopic (exact) mass is 283 g/mol. The van der Waals surface area contributed by atoms with Gasteiger partial charge in [0.25, 0.3) is 5.91 Å². The van der Waals surface area contributed by atoms with Crippen LogP contribution >= 0.6 is 0 Å². The molecule has 0 aliphatic carbocycles. The number of hydrogen-bond donors (Lipinski definition) is 1. The number of carbonyl (C=O) groups excluding carboxylic acids is 1. The molecule has 21 heavy (non-hydrogen) atoms. The van der Waals surface area contributed by atoms with Crippen molar-refractivity contribution in [1.29, 1.82) is 0 Å². The van der Waals surface area contributed by atoms with Gasteiger partial charge >= 0.3 is 5.97 Å². The number of aromatic carboxylic acids is 1. The van der Waals surface area contributed by atoms with Crippen LogP contribution in [0.4, 0.5) is 0 Å². The molecule has 2 aliphatic rings. The van der Waals surface area contributed by atoms with Gasteiger partial charge in [-0.1, -0.05) is 12.1 Å². The van der Waals surface area contributed by atoms with Crippen LogP contribution in [-0.2, 0) is 0 Å². The summed E-state index contributed by atoms with van der Waals surface area (Å²) in [7, 11) is 0. The Morgan fingerprint density at radius 2 is 2.14 bits per heavy atom. The van der Waals surface area contributed by atoms with Gasteiger partial charge in [0.15, 0.2) is 5.69 Å². The Balaban J connectivity index is 2.05. The number of amides is 1. The van der Waals surface area contributed by atoms with Crippen LogP contribution in [0, 0.1) is 0 Å². The lowest BCUT2D eigenvalue weighted by Gasteiger charge is -2.22. The third kappa shape index (κ3) is 1.55.